The Kier molecular flexibility index (Phi) is 11.0. The molecule has 3 rings (SSSR count). The molecular weight excluding hydrogens is 440 g/mol. The average Bonchev–Trinajstić information content (AvgIpc) is 3.16. The average molecular weight is 473 g/mol. The number of rotatable bonds is 17. The molecule has 0 aliphatic heterocycles. The molecule has 0 amide bonds. The zero-order valence-electron chi connectivity index (χ0n) is 19.3. The van der Waals surface area contributed by atoms with Gasteiger partial charge in [0.2, 0.25) is 0 Å². The van der Waals surface area contributed by atoms with E-state index in [1.807, 2.05) is 24.3 Å². The molecule has 1 N–H and O–H groups in total. The lowest BCUT2D eigenvalue weighted by Gasteiger charge is -2.14. The van der Waals surface area contributed by atoms with E-state index in [0.29, 0.717) is 46.2 Å². The third-order valence-corrected chi connectivity index (χ3v) is 5.40. The second kappa shape index (κ2) is 14.5. The van der Waals surface area contributed by atoms with Gasteiger partial charge in [-0.05, 0) is 22.3 Å². The predicted octanol–water partition coefficient (Wildman–Crippen LogP) is 3.27. The van der Waals surface area contributed by atoms with Crippen LogP contribution in [-0.2, 0) is 33.3 Å². The minimum absolute atomic E-state index is 0.00952. The Morgan fingerprint density at radius 1 is 0.647 bits per heavy atom. The number of fused-ring (bicyclic) bond motifs is 3. The SMILES string of the molecule is O=C(O)CCOCCOCCOCCOCCC(=O)OCC1c2ccccc2-c2ccccc21. The lowest BCUT2D eigenvalue weighted by molar-refractivity contribution is -0.145. The van der Waals surface area contributed by atoms with E-state index in [4.69, 9.17) is 28.8 Å². The maximum Gasteiger partial charge on any atom is 0.308 e. The van der Waals surface area contributed by atoms with E-state index in [0.717, 1.165) is 0 Å². The monoisotopic (exact) mass is 472 g/mol. The van der Waals surface area contributed by atoms with Crippen LogP contribution in [0.5, 0.6) is 0 Å². The zero-order valence-corrected chi connectivity index (χ0v) is 19.3. The number of hydrogen-bond donors (Lipinski definition) is 1. The molecule has 8 nitrogen and oxygen atoms in total. The molecule has 0 radical (unpaired) electrons. The van der Waals surface area contributed by atoms with Crippen LogP contribution in [0.4, 0.5) is 0 Å². The molecule has 0 aromatic heterocycles. The van der Waals surface area contributed by atoms with E-state index in [1.165, 1.54) is 22.3 Å². The van der Waals surface area contributed by atoms with Crippen LogP contribution < -0.4 is 0 Å². The fourth-order valence-corrected chi connectivity index (χ4v) is 3.76. The van der Waals surface area contributed by atoms with Crippen LogP contribution in [0.1, 0.15) is 29.9 Å². The molecule has 0 saturated carbocycles. The Hall–Kier alpha value is -2.78. The second-order valence-electron chi connectivity index (χ2n) is 7.75. The molecule has 2 aromatic carbocycles. The largest absolute Gasteiger partial charge is 0.481 e. The van der Waals surface area contributed by atoms with Crippen LogP contribution in [0.25, 0.3) is 11.1 Å². The molecule has 184 valence electrons. The fourth-order valence-electron chi connectivity index (χ4n) is 3.76. The van der Waals surface area contributed by atoms with E-state index in [1.54, 1.807) is 0 Å². The fraction of sp³-hybridized carbons (Fsp3) is 0.462. The molecule has 0 saturated heterocycles. The first-order valence-corrected chi connectivity index (χ1v) is 11.5. The minimum Gasteiger partial charge on any atom is -0.481 e. The number of hydrogen-bond acceptors (Lipinski definition) is 7. The number of carbonyl (C=O) groups is 2. The van der Waals surface area contributed by atoms with Gasteiger partial charge in [0.25, 0.3) is 0 Å². The summed E-state index contributed by atoms with van der Waals surface area (Å²) < 4.78 is 26.8. The van der Waals surface area contributed by atoms with Gasteiger partial charge in [0.1, 0.15) is 6.61 Å². The highest BCUT2D eigenvalue weighted by Crippen LogP contribution is 2.44. The van der Waals surface area contributed by atoms with Gasteiger partial charge in [-0.3, -0.25) is 9.59 Å². The summed E-state index contributed by atoms with van der Waals surface area (Å²) in [6, 6.07) is 16.5. The summed E-state index contributed by atoms with van der Waals surface area (Å²) in [7, 11) is 0. The van der Waals surface area contributed by atoms with Crippen molar-refractivity contribution in [3.63, 3.8) is 0 Å². The summed E-state index contributed by atoms with van der Waals surface area (Å²) >= 11 is 0. The number of benzene rings is 2. The van der Waals surface area contributed by atoms with Crippen molar-refractivity contribution in [3.05, 3.63) is 59.7 Å². The Morgan fingerprint density at radius 2 is 1.09 bits per heavy atom. The number of ether oxygens (including phenoxy) is 5. The normalized spacial score (nSPS) is 12.4. The first kappa shape index (κ1) is 25.8. The van der Waals surface area contributed by atoms with Crippen LogP contribution in [0.15, 0.2) is 48.5 Å². The van der Waals surface area contributed by atoms with Crippen LogP contribution in [0.3, 0.4) is 0 Å². The molecule has 2 aromatic rings. The number of carboxylic acids is 1. The van der Waals surface area contributed by atoms with Crippen LogP contribution in [0.2, 0.25) is 0 Å². The van der Waals surface area contributed by atoms with E-state index >= 15 is 0 Å². The van der Waals surface area contributed by atoms with Gasteiger partial charge in [-0.15, -0.1) is 0 Å². The third kappa shape index (κ3) is 8.22. The van der Waals surface area contributed by atoms with Gasteiger partial charge in [-0.25, -0.2) is 0 Å². The lowest BCUT2D eigenvalue weighted by Crippen LogP contribution is -2.15. The minimum atomic E-state index is -0.880. The van der Waals surface area contributed by atoms with Gasteiger partial charge >= 0.3 is 11.9 Å². The molecule has 1 aliphatic rings. The first-order valence-electron chi connectivity index (χ1n) is 11.5. The smallest absolute Gasteiger partial charge is 0.308 e. The summed E-state index contributed by atoms with van der Waals surface area (Å²) in [4.78, 5) is 22.5. The van der Waals surface area contributed by atoms with E-state index in [9.17, 15) is 9.59 Å². The van der Waals surface area contributed by atoms with Crippen molar-refractivity contribution in [2.45, 2.75) is 18.8 Å². The highest BCUT2D eigenvalue weighted by Gasteiger charge is 2.28. The maximum atomic E-state index is 12.2. The third-order valence-electron chi connectivity index (χ3n) is 5.40. The molecule has 0 atom stereocenters. The number of aliphatic carboxylic acids is 1. The summed E-state index contributed by atoms with van der Waals surface area (Å²) in [5.74, 6) is -1.10. The van der Waals surface area contributed by atoms with Crippen molar-refractivity contribution in [3.8, 4) is 11.1 Å². The van der Waals surface area contributed by atoms with Crippen LogP contribution in [0, 0.1) is 0 Å². The molecule has 0 heterocycles. The Morgan fingerprint density at radius 3 is 1.59 bits per heavy atom. The van der Waals surface area contributed by atoms with Gasteiger partial charge in [-0.1, -0.05) is 48.5 Å². The highest BCUT2D eigenvalue weighted by molar-refractivity contribution is 5.79. The van der Waals surface area contributed by atoms with Gasteiger partial charge in [0, 0.05) is 5.92 Å². The Balaban J connectivity index is 1.19. The summed E-state index contributed by atoms with van der Waals surface area (Å²) in [5, 5.41) is 8.48. The van der Waals surface area contributed by atoms with Gasteiger partial charge in [-0.2, -0.15) is 0 Å². The van der Waals surface area contributed by atoms with E-state index in [-0.39, 0.29) is 37.9 Å². The van der Waals surface area contributed by atoms with Crippen LogP contribution in [-0.4, -0.2) is 76.5 Å². The number of esters is 1. The predicted molar refractivity (Wildman–Crippen MR) is 125 cm³/mol. The molecule has 0 spiro atoms. The molecule has 1 aliphatic carbocycles. The quantitative estimate of drug-likeness (QED) is 0.277. The first-order chi connectivity index (χ1) is 16.7. The van der Waals surface area contributed by atoms with Crippen molar-refractivity contribution in [1.82, 2.24) is 0 Å². The van der Waals surface area contributed by atoms with Crippen molar-refractivity contribution < 1.29 is 38.4 Å². The van der Waals surface area contributed by atoms with Gasteiger partial charge in [0.15, 0.2) is 0 Å². The lowest BCUT2D eigenvalue weighted by atomic mass is 9.98. The standard InChI is InChI=1S/C26H32O8/c27-25(28)9-11-30-13-15-32-17-18-33-16-14-31-12-10-26(29)34-19-24-22-7-3-1-5-20(22)21-6-2-4-8-23(21)24/h1-8,24H,9-19H2,(H,27,28). The van der Waals surface area contributed by atoms with Crippen molar-refractivity contribution >= 4 is 11.9 Å². The number of carbonyl (C=O) groups excluding carboxylic acids is 1. The van der Waals surface area contributed by atoms with Gasteiger partial charge < -0.3 is 28.8 Å². The molecular formula is C26H32O8. The van der Waals surface area contributed by atoms with Crippen molar-refractivity contribution in [1.29, 1.82) is 0 Å². The zero-order chi connectivity index (χ0) is 24.0. The van der Waals surface area contributed by atoms with E-state index < -0.39 is 5.97 Å². The molecule has 8 heteroatoms. The number of carboxylic acid groups (broad SMARTS) is 1. The molecule has 0 unspecified atom stereocenters. The van der Waals surface area contributed by atoms with Crippen LogP contribution >= 0.6 is 0 Å². The Labute approximate surface area is 199 Å². The summed E-state index contributed by atoms with van der Waals surface area (Å²) in [6.07, 6.45) is 0.186. The molecule has 0 bridgehead atoms. The molecule has 0 fully saturated rings. The van der Waals surface area contributed by atoms with Gasteiger partial charge in [0.05, 0.1) is 65.7 Å². The molecule has 34 heavy (non-hydrogen) atoms. The second-order valence-corrected chi connectivity index (χ2v) is 7.75. The maximum absolute atomic E-state index is 12.2. The summed E-state index contributed by atoms with van der Waals surface area (Å²) in [6.45, 7) is 3.16. The van der Waals surface area contributed by atoms with Crippen molar-refractivity contribution in [2.75, 3.05) is 59.5 Å². The topological polar surface area (TPSA) is 101 Å². The summed E-state index contributed by atoms with van der Waals surface area (Å²) in [5.41, 5.74) is 4.80. The van der Waals surface area contributed by atoms with Crippen molar-refractivity contribution in [2.24, 2.45) is 0 Å². The highest BCUT2D eigenvalue weighted by atomic mass is 16.6. The Bertz CT molecular complexity index is 868. The van der Waals surface area contributed by atoms with E-state index in [2.05, 4.69) is 24.3 Å².